The van der Waals surface area contributed by atoms with Crippen molar-refractivity contribution < 1.29 is 9.59 Å². The molecule has 1 N–H and O–H groups in total. The van der Waals surface area contributed by atoms with Gasteiger partial charge in [-0.1, -0.05) is 23.8 Å². The Balaban J connectivity index is 1.70. The van der Waals surface area contributed by atoms with Crippen LogP contribution in [-0.2, 0) is 9.59 Å². The van der Waals surface area contributed by atoms with Crippen molar-refractivity contribution in [3.05, 3.63) is 58.1 Å². The van der Waals surface area contributed by atoms with Crippen molar-refractivity contribution in [1.82, 2.24) is 0 Å². The van der Waals surface area contributed by atoms with E-state index in [1.165, 1.54) is 0 Å². The van der Waals surface area contributed by atoms with Crippen LogP contribution in [0, 0.1) is 19.8 Å². The Bertz CT molecular complexity index is 786. The molecule has 1 aliphatic rings. The van der Waals surface area contributed by atoms with Gasteiger partial charge in [-0.3, -0.25) is 9.59 Å². The maximum Gasteiger partial charge on any atom is 0.229 e. The first kappa shape index (κ1) is 16.7. The summed E-state index contributed by atoms with van der Waals surface area (Å²) in [4.78, 5) is 26.5. The van der Waals surface area contributed by atoms with Gasteiger partial charge in [0.25, 0.3) is 0 Å². The fourth-order valence-electron chi connectivity index (χ4n) is 2.81. The Labute approximate surface area is 150 Å². The molecule has 1 saturated heterocycles. The lowest BCUT2D eigenvalue weighted by Gasteiger charge is -2.17. The number of nitrogens with zero attached hydrogens (tertiary/aromatic N) is 1. The van der Waals surface area contributed by atoms with Crippen molar-refractivity contribution in [2.24, 2.45) is 5.92 Å². The molecular weight excluding hydrogens is 368 g/mol. The van der Waals surface area contributed by atoms with Gasteiger partial charge < -0.3 is 10.2 Å². The maximum absolute atomic E-state index is 12.5. The predicted molar refractivity (Wildman–Crippen MR) is 99.1 cm³/mol. The average Bonchev–Trinajstić information content (AvgIpc) is 2.93. The highest BCUT2D eigenvalue weighted by atomic mass is 79.9. The molecule has 124 valence electrons. The molecular formula is C19H19BrN2O2. The molecule has 5 heteroatoms. The van der Waals surface area contributed by atoms with E-state index in [0.717, 1.165) is 27.0 Å². The van der Waals surface area contributed by atoms with Gasteiger partial charge >= 0.3 is 0 Å². The van der Waals surface area contributed by atoms with Gasteiger partial charge in [0, 0.05) is 23.1 Å². The van der Waals surface area contributed by atoms with Gasteiger partial charge in [0.15, 0.2) is 0 Å². The summed E-state index contributed by atoms with van der Waals surface area (Å²) in [6.07, 6.45) is 0.239. The van der Waals surface area contributed by atoms with E-state index in [1.807, 2.05) is 56.3 Å². The first-order valence-electron chi connectivity index (χ1n) is 7.88. The van der Waals surface area contributed by atoms with Crippen LogP contribution in [0.1, 0.15) is 17.5 Å². The minimum absolute atomic E-state index is 0.0121. The Morgan fingerprint density at radius 1 is 1.12 bits per heavy atom. The van der Waals surface area contributed by atoms with Gasteiger partial charge in [-0.25, -0.2) is 0 Å². The molecule has 4 nitrogen and oxygen atoms in total. The van der Waals surface area contributed by atoms with Crippen molar-refractivity contribution in [3.8, 4) is 0 Å². The van der Waals surface area contributed by atoms with Gasteiger partial charge in [-0.2, -0.15) is 0 Å². The lowest BCUT2D eigenvalue weighted by atomic mass is 10.1. The number of carbonyl (C=O) groups excluding carboxylic acids is 2. The monoisotopic (exact) mass is 386 g/mol. The SMILES string of the molecule is Cc1ccc(N2C[C@H](C(=O)Nc3ccc(C)cc3Br)CC2=O)cc1. The molecule has 0 spiro atoms. The highest BCUT2D eigenvalue weighted by Gasteiger charge is 2.35. The molecule has 3 rings (SSSR count). The molecule has 0 saturated carbocycles. The zero-order valence-corrected chi connectivity index (χ0v) is 15.3. The third kappa shape index (κ3) is 3.51. The van der Waals surface area contributed by atoms with E-state index in [2.05, 4.69) is 21.2 Å². The molecule has 2 aromatic rings. The zero-order chi connectivity index (χ0) is 17.3. The van der Waals surface area contributed by atoms with Crippen LogP contribution >= 0.6 is 15.9 Å². The Kier molecular flexibility index (Phi) is 4.71. The summed E-state index contributed by atoms with van der Waals surface area (Å²) in [7, 11) is 0. The molecule has 1 heterocycles. The number of benzene rings is 2. The first-order chi connectivity index (χ1) is 11.4. The third-order valence-corrected chi connectivity index (χ3v) is 4.88. The molecule has 0 aliphatic carbocycles. The van der Waals surface area contributed by atoms with Crippen LogP contribution < -0.4 is 10.2 Å². The highest BCUT2D eigenvalue weighted by Crippen LogP contribution is 2.28. The van der Waals surface area contributed by atoms with Crippen LogP contribution in [0.3, 0.4) is 0 Å². The van der Waals surface area contributed by atoms with E-state index in [0.29, 0.717) is 6.54 Å². The van der Waals surface area contributed by atoms with E-state index < -0.39 is 0 Å². The van der Waals surface area contributed by atoms with Gasteiger partial charge in [0.05, 0.1) is 11.6 Å². The number of aryl methyl sites for hydroxylation is 2. The second kappa shape index (κ2) is 6.77. The Hall–Kier alpha value is -2.14. The Morgan fingerprint density at radius 2 is 1.79 bits per heavy atom. The number of hydrogen-bond donors (Lipinski definition) is 1. The number of hydrogen-bond acceptors (Lipinski definition) is 2. The quantitative estimate of drug-likeness (QED) is 0.864. The average molecular weight is 387 g/mol. The molecule has 0 unspecified atom stereocenters. The smallest absolute Gasteiger partial charge is 0.229 e. The predicted octanol–water partition coefficient (Wildman–Crippen LogP) is 4.06. The van der Waals surface area contributed by atoms with E-state index in [1.54, 1.807) is 4.90 Å². The molecule has 1 atom stereocenters. The summed E-state index contributed by atoms with van der Waals surface area (Å²) < 4.78 is 0.843. The Morgan fingerprint density at radius 3 is 2.46 bits per heavy atom. The fourth-order valence-corrected chi connectivity index (χ4v) is 3.41. The van der Waals surface area contributed by atoms with Crippen molar-refractivity contribution in [1.29, 1.82) is 0 Å². The van der Waals surface area contributed by atoms with Gasteiger partial charge in [0.2, 0.25) is 11.8 Å². The first-order valence-corrected chi connectivity index (χ1v) is 8.67. The summed E-state index contributed by atoms with van der Waals surface area (Å²) >= 11 is 3.46. The molecule has 0 bridgehead atoms. The van der Waals surface area contributed by atoms with Crippen molar-refractivity contribution in [2.45, 2.75) is 20.3 Å². The number of anilines is 2. The number of rotatable bonds is 3. The lowest BCUT2D eigenvalue weighted by molar-refractivity contribution is -0.122. The number of amides is 2. The van der Waals surface area contributed by atoms with Crippen molar-refractivity contribution in [3.63, 3.8) is 0 Å². The summed E-state index contributed by atoms with van der Waals surface area (Å²) in [5.41, 5.74) is 3.83. The summed E-state index contributed by atoms with van der Waals surface area (Å²) in [5.74, 6) is -0.475. The van der Waals surface area contributed by atoms with Crippen LogP contribution in [-0.4, -0.2) is 18.4 Å². The van der Waals surface area contributed by atoms with Crippen molar-refractivity contribution in [2.75, 3.05) is 16.8 Å². The fraction of sp³-hybridized carbons (Fsp3) is 0.263. The molecule has 1 aliphatic heterocycles. The standard InChI is InChI=1S/C19H19BrN2O2/c1-12-3-6-15(7-4-12)22-11-14(10-18(22)23)19(24)21-17-8-5-13(2)9-16(17)20/h3-9,14H,10-11H2,1-2H3,(H,21,24)/t14-/m1/s1. The minimum atomic E-state index is -0.341. The maximum atomic E-state index is 12.5. The van der Waals surface area contributed by atoms with Gasteiger partial charge in [0.1, 0.15) is 0 Å². The van der Waals surface area contributed by atoms with Crippen LogP contribution in [0.2, 0.25) is 0 Å². The van der Waals surface area contributed by atoms with Crippen LogP contribution in [0.4, 0.5) is 11.4 Å². The normalized spacial score (nSPS) is 17.2. The van der Waals surface area contributed by atoms with E-state index >= 15 is 0 Å². The van der Waals surface area contributed by atoms with E-state index in [4.69, 9.17) is 0 Å². The van der Waals surface area contributed by atoms with Crippen LogP contribution in [0.5, 0.6) is 0 Å². The summed E-state index contributed by atoms with van der Waals surface area (Å²) in [6, 6.07) is 13.5. The largest absolute Gasteiger partial charge is 0.325 e. The third-order valence-electron chi connectivity index (χ3n) is 4.22. The van der Waals surface area contributed by atoms with E-state index in [-0.39, 0.29) is 24.2 Å². The number of nitrogens with one attached hydrogen (secondary N) is 1. The molecule has 0 aromatic heterocycles. The second-order valence-corrected chi connectivity index (χ2v) is 7.07. The molecule has 2 aromatic carbocycles. The van der Waals surface area contributed by atoms with Crippen LogP contribution in [0.15, 0.2) is 46.9 Å². The van der Waals surface area contributed by atoms with E-state index in [9.17, 15) is 9.59 Å². The number of carbonyl (C=O) groups is 2. The van der Waals surface area contributed by atoms with Crippen molar-refractivity contribution >= 4 is 39.1 Å². The molecule has 1 fully saturated rings. The topological polar surface area (TPSA) is 49.4 Å². The number of halogens is 1. The van der Waals surface area contributed by atoms with Crippen LogP contribution in [0.25, 0.3) is 0 Å². The minimum Gasteiger partial charge on any atom is -0.325 e. The van der Waals surface area contributed by atoms with Gasteiger partial charge in [-0.05, 0) is 59.6 Å². The highest BCUT2D eigenvalue weighted by molar-refractivity contribution is 9.10. The lowest BCUT2D eigenvalue weighted by Crippen LogP contribution is -2.28. The molecule has 2 amide bonds. The second-order valence-electron chi connectivity index (χ2n) is 6.21. The summed E-state index contributed by atoms with van der Waals surface area (Å²) in [6.45, 7) is 4.41. The molecule has 24 heavy (non-hydrogen) atoms. The zero-order valence-electron chi connectivity index (χ0n) is 13.7. The van der Waals surface area contributed by atoms with Gasteiger partial charge in [-0.15, -0.1) is 0 Å². The molecule has 0 radical (unpaired) electrons. The summed E-state index contributed by atoms with van der Waals surface area (Å²) in [5, 5.41) is 2.92.